The van der Waals surface area contributed by atoms with Crippen LogP contribution in [0, 0.1) is 5.95 Å². The van der Waals surface area contributed by atoms with Crippen molar-refractivity contribution in [2.45, 2.75) is 13.5 Å². The molecule has 2 aromatic rings. The quantitative estimate of drug-likeness (QED) is 0.852. The van der Waals surface area contributed by atoms with Crippen LogP contribution in [0.4, 0.5) is 4.39 Å². The van der Waals surface area contributed by atoms with E-state index in [2.05, 4.69) is 10.3 Å². The second kappa shape index (κ2) is 6.65. The Labute approximate surface area is 116 Å². The van der Waals surface area contributed by atoms with E-state index < -0.39 is 5.95 Å². The van der Waals surface area contributed by atoms with E-state index in [1.54, 1.807) is 0 Å². The second-order valence-electron chi connectivity index (χ2n) is 4.13. The molecular weight excluding hydrogens is 259 g/mol. The zero-order valence-electron chi connectivity index (χ0n) is 11.1. The number of carbonyl (C=O) groups excluding carboxylic acids is 1. The monoisotopic (exact) mass is 274 g/mol. The predicted octanol–water partition coefficient (Wildman–Crippen LogP) is 2.55. The Kier molecular flexibility index (Phi) is 4.65. The third-order valence-corrected chi connectivity index (χ3v) is 2.65. The van der Waals surface area contributed by atoms with E-state index in [0.29, 0.717) is 13.2 Å². The van der Waals surface area contributed by atoms with E-state index >= 15 is 0 Å². The number of ether oxygens (including phenoxy) is 1. The number of pyridine rings is 1. The number of aromatic nitrogens is 1. The molecule has 1 heterocycles. The molecule has 0 bridgehead atoms. The van der Waals surface area contributed by atoms with Crippen LogP contribution in [-0.2, 0) is 6.54 Å². The summed E-state index contributed by atoms with van der Waals surface area (Å²) in [6.07, 6.45) is 1.26. The average Bonchev–Trinajstić information content (AvgIpc) is 2.45. The lowest BCUT2D eigenvalue weighted by Gasteiger charge is -2.08. The summed E-state index contributed by atoms with van der Waals surface area (Å²) in [6.45, 7) is 2.85. The molecule has 4 nitrogen and oxygen atoms in total. The van der Waals surface area contributed by atoms with Gasteiger partial charge in [0.15, 0.2) is 0 Å². The Morgan fingerprint density at radius 3 is 2.95 bits per heavy atom. The van der Waals surface area contributed by atoms with E-state index in [4.69, 9.17) is 4.74 Å². The fraction of sp³-hybridized carbons (Fsp3) is 0.200. The van der Waals surface area contributed by atoms with Crippen LogP contribution in [0.1, 0.15) is 22.8 Å². The number of halogens is 1. The van der Waals surface area contributed by atoms with Crippen LogP contribution in [0.5, 0.6) is 5.75 Å². The number of rotatable bonds is 5. The number of nitrogens with one attached hydrogen (secondary N) is 1. The summed E-state index contributed by atoms with van der Waals surface area (Å²) in [7, 11) is 0. The van der Waals surface area contributed by atoms with Gasteiger partial charge in [-0.2, -0.15) is 4.39 Å². The van der Waals surface area contributed by atoms with Crippen molar-refractivity contribution in [3.05, 3.63) is 59.7 Å². The predicted molar refractivity (Wildman–Crippen MR) is 73.0 cm³/mol. The number of amides is 1. The summed E-state index contributed by atoms with van der Waals surface area (Å²) in [5.41, 5.74) is 1.16. The minimum absolute atomic E-state index is 0.249. The fourth-order valence-corrected chi connectivity index (χ4v) is 1.74. The molecule has 0 aliphatic rings. The largest absolute Gasteiger partial charge is 0.494 e. The van der Waals surface area contributed by atoms with Crippen molar-refractivity contribution in [2.75, 3.05) is 6.61 Å². The van der Waals surface area contributed by atoms with Gasteiger partial charge in [-0.05, 0) is 30.7 Å². The van der Waals surface area contributed by atoms with Crippen LogP contribution >= 0.6 is 0 Å². The molecule has 0 fully saturated rings. The average molecular weight is 274 g/mol. The lowest BCUT2D eigenvalue weighted by Crippen LogP contribution is -2.23. The number of hydrogen-bond acceptors (Lipinski definition) is 3. The van der Waals surface area contributed by atoms with Crippen molar-refractivity contribution in [1.82, 2.24) is 10.3 Å². The summed E-state index contributed by atoms with van der Waals surface area (Å²) in [5, 5.41) is 2.72. The SMILES string of the molecule is CCOc1cccc(CNC(=O)c2ccnc(F)c2)c1. The van der Waals surface area contributed by atoms with Gasteiger partial charge in [0.1, 0.15) is 5.75 Å². The highest BCUT2D eigenvalue weighted by Gasteiger charge is 2.06. The standard InChI is InChI=1S/C15H15FN2O2/c1-2-20-13-5-3-4-11(8-13)10-18-15(19)12-6-7-17-14(16)9-12/h3-9H,2,10H2,1H3,(H,18,19). The molecule has 0 radical (unpaired) electrons. The molecule has 2 rings (SSSR count). The van der Waals surface area contributed by atoms with Gasteiger partial charge < -0.3 is 10.1 Å². The minimum Gasteiger partial charge on any atom is -0.494 e. The molecule has 20 heavy (non-hydrogen) atoms. The normalized spacial score (nSPS) is 10.1. The lowest BCUT2D eigenvalue weighted by molar-refractivity contribution is 0.0950. The molecule has 5 heteroatoms. The Morgan fingerprint density at radius 2 is 2.20 bits per heavy atom. The van der Waals surface area contributed by atoms with Crippen molar-refractivity contribution < 1.29 is 13.9 Å². The Hall–Kier alpha value is -2.43. The molecule has 0 saturated heterocycles. The van der Waals surface area contributed by atoms with E-state index in [1.807, 2.05) is 31.2 Å². The van der Waals surface area contributed by atoms with Crippen molar-refractivity contribution in [3.63, 3.8) is 0 Å². The summed E-state index contributed by atoms with van der Waals surface area (Å²) < 4.78 is 18.3. The molecule has 0 atom stereocenters. The van der Waals surface area contributed by atoms with Crippen molar-refractivity contribution in [3.8, 4) is 5.75 Å². The van der Waals surface area contributed by atoms with Crippen LogP contribution in [0.3, 0.4) is 0 Å². The van der Waals surface area contributed by atoms with Crippen molar-refractivity contribution >= 4 is 5.91 Å². The molecule has 0 unspecified atom stereocenters. The first kappa shape index (κ1) is 14.0. The fourth-order valence-electron chi connectivity index (χ4n) is 1.74. The minimum atomic E-state index is -0.670. The molecule has 0 saturated carbocycles. The highest BCUT2D eigenvalue weighted by Crippen LogP contribution is 2.13. The molecule has 1 aromatic carbocycles. The summed E-state index contributed by atoms with van der Waals surface area (Å²) >= 11 is 0. The topological polar surface area (TPSA) is 51.2 Å². The smallest absolute Gasteiger partial charge is 0.251 e. The van der Waals surface area contributed by atoms with Crippen LogP contribution in [0.2, 0.25) is 0 Å². The van der Waals surface area contributed by atoms with Gasteiger partial charge in [-0.1, -0.05) is 12.1 Å². The van der Waals surface area contributed by atoms with Crippen LogP contribution < -0.4 is 10.1 Å². The first-order valence-corrected chi connectivity index (χ1v) is 6.30. The lowest BCUT2D eigenvalue weighted by atomic mass is 10.2. The van der Waals surface area contributed by atoms with E-state index in [9.17, 15) is 9.18 Å². The van der Waals surface area contributed by atoms with Crippen molar-refractivity contribution in [1.29, 1.82) is 0 Å². The maximum Gasteiger partial charge on any atom is 0.251 e. The highest BCUT2D eigenvalue weighted by atomic mass is 19.1. The number of hydrogen-bond donors (Lipinski definition) is 1. The number of carbonyl (C=O) groups is 1. The number of benzene rings is 1. The maximum absolute atomic E-state index is 12.9. The molecule has 1 amide bonds. The van der Waals surface area contributed by atoms with Gasteiger partial charge in [-0.25, -0.2) is 4.98 Å². The van der Waals surface area contributed by atoms with Crippen LogP contribution in [0.25, 0.3) is 0 Å². The molecule has 0 spiro atoms. The van der Waals surface area contributed by atoms with Gasteiger partial charge in [-0.15, -0.1) is 0 Å². The van der Waals surface area contributed by atoms with Gasteiger partial charge in [-0.3, -0.25) is 4.79 Å². The van der Waals surface area contributed by atoms with Crippen LogP contribution in [-0.4, -0.2) is 17.5 Å². The maximum atomic E-state index is 12.9. The molecule has 0 aliphatic carbocycles. The van der Waals surface area contributed by atoms with Crippen molar-refractivity contribution in [2.24, 2.45) is 0 Å². The highest BCUT2D eigenvalue weighted by molar-refractivity contribution is 5.93. The van der Waals surface area contributed by atoms with E-state index in [1.165, 1.54) is 12.3 Å². The third-order valence-electron chi connectivity index (χ3n) is 2.65. The molecule has 104 valence electrons. The second-order valence-corrected chi connectivity index (χ2v) is 4.13. The summed E-state index contributed by atoms with van der Waals surface area (Å²) in [5.74, 6) is -0.252. The van der Waals surface area contributed by atoms with Gasteiger partial charge in [0, 0.05) is 24.4 Å². The summed E-state index contributed by atoms with van der Waals surface area (Å²) in [6, 6.07) is 10.0. The molecule has 1 aromatic heterocycles. The Morgan fingerprint density at radius 1 is 1.35 bits per heavy atom. The van der Waals surface area contributed by atoms with Gasteiger partial charge >= 0.3 is 0 Å². The molecular formula is C15H15FN2O2. The van der Waals surface area contributed by atoms with E-state index in [-0.39, 0.29) is 11.5 Å². The zero-order chi connectivity index (χ0) is 14.4. The van der Waals surface area contributed by atoms with Gasteiger partial charge in [0.2, 0.25) is 5.95 Å². The Balaban J connectivity index is 1.98. The number of nitrogens with zero attached hydrogens (tertiary/aromatic N) is 1. The van der Waals surface area contributed by atoms with Crippen LogP contribution in [0.15, 0.2) is 42.6 Å². The molecule has 1 N–H and O–H groups in total. The van der Waals surface area contributed by atoms with Gasteiger partial charge in [0.25, 0.3) is 5.91 Å². The zero-order valence-corrected chi connectivity index (χ0v) is 11.1. The first-order valence-electron chi connectivity index (χ1n) is 6.30. The molecule has 0 aliphatic heterocycles. The summed E-state index contributed by atoms with van der Waals surface area (Å²) in [4.78, 5) is 15.3. The van der Waals surface area contributed by atoms with E-state index in [0.717, 1.165) is 17.4 Å². The Bertz CT molecular complexity index is 602. The third kappa shape index (κ3) is 3.78. The first-order chi connectivity index (χ1) is 9.69. The van der Waals surface area contributed by atoms with Gasteiger partial charge in [0.05, 0.1) is 6.61 Å².